The van der Waals surface area contributed by atoms with E-state index in [0.29, 0.717) is 6.42 Å². The maximum atomic E-state index is 12.8. The molecular formula is C16H18F3N3O2S. The largest absolute Gasteiger partial charge is 0.416 e. The van der Waals surface area contributed by atoms with E-state index in [-0.39, 0.29) is 5.56 Å². The molecule has 2 aromatic rings. The summed E-state index contributed by atoms with van der Waals surface area (Å²) in [5, 5.41) is 4.16. The molecule has 1 N–H and O–H groups in total. The lowest BCUT2D eigenvalue weighted by Crippen LogP contribution is -2.32. The Bertz CT molecular complexity index is 875. The zero-order valence-corrected chi connectivity index (χ0v) is 14.4. The van der Waals surface area contributed by atoms with Gasteiger partial charge in [0.05, 0.1) is 23.6 Å². The predicted molar refractivity (Wildman–Crippen MR) is 86.1 cm³/mol. The molecule has 0 saturated carbocycles. The monoisotopic (exact) mass is 373 g/mol. The van der Waals surface area contributed by atoms with E-state index in [1.165, 1.54) is 12.1 Å². The molecule has 1 aromatic carbocycles. The van der Waals surface area contributed by atoms with Crippen LogP contribution in [0.2, 0.25) is 0 Å². The van der Waals surface area contributed by atoms with E-state index in [2.05, 4.69) is 9.82 Å². The van der Waals surface area contributed by atoms with Crippen LogP contribution in [0.4, 0.5) is 13.2 Å². The van der Waals surface area contributed by atoms with Gasteiger partial charge >= 0.3 is 6.18 Å². The third-order valence-electron chi connectivity index (χ3n) is 4.31. The second-order valence-corrected chi connectivity index (χ2v) is 7.94. The molecular weight excluding hydrogens is 355 g/mol. The van der Waals surface area contributed by atoms with Gasteiger partial charge in [0, 0.05) is 18.3 Å². The molecule has 136 valence electrons. The summed E-state index contributed by atoms with van der Waals surface area (Å²) in [7, 11) is -1.98. The Morgan fingerprint density at radius 2 is 2.12 bits per heavy atom. The van der Waals surface area contributed by atoms with E-state index in [9.17, 15) is 21.6 Å². The van der Waals surface area contributed by atoms with Gasteiger partial charge in [0.25, 0.3) is 0 Å². The van der Waals surface area contributed by atoms with Gasteiger partial charge in [-0.25, -0.2) is 13.1 Å². The van der Waals surface area contributed by atoms with Crippen LogP contribution in [0.25, 0.3) is 0 Å². The summed E-state index contributed by atoms with van der Waals surface area (Å²) < 4.78 is 67.5. The highest BCUT2D eigenvalue weighted by Crippen LogP contribution is 2.31. The number of nitrogens with zero attached hydrogens (tertiary/aromatic N) is 2. The van der Waals surface area contributed by atoms with Crippen LogP contribution in [0.5, 0.6) is 0 Å². The smallest absolute Gasteiger partial charge is 0.272 e. The Morgan fingerprint density at radius 1 is 1.36 bits per heavy atom. The zero-order valence-electron chi connectivity index (χ0n) is 13.5. The summed E-state index contributed by atoms with van der Waals surface area (Å²) >= 11 is 0. The van der Waals surface area contributed by atoms with Crippen molar-refractivity contribution in [2.45, 2.75) is 37.2 Å². The number of aromatic nitrogens is 2. The number of alkyl halides is 3. The van der Waals surface area contributed by atoms with Crippen molar-refractivity contribution in [1.82, 2.24) is 14.5 Å². The highest BCUT2D eigenvalue weighted by Gasteiger charge is 2.31. The van der Waals surface area contributed by atoms with Crippen molar-refractivity contribution in [2.75, 3.05) is 0 Å². The topological polar surface area (TPSA) is 64.0 Å². The van der Waals surface area contributed by atoms with E-state index in [1.54, 1.807) is 17.9 Å². The molecule has 0 saturated heterocycles. The van der Waals surface area contributed by atoms with E-state index >= 15 is 0 Å². The quantitative estimate of drug-likeness (QED) is 0.896. The van der Waals surface area contributed by atoms with Crippen LogP contribution in [0.15, 0.2) is 30.5 Å². The second kappa shape index (κ2) is 6.45. The van der Waals surface area contributed by atoms with Crippen LogP contribution in [0.1, 0.15) is 41.3 Å². The molecule has 25 heavy (non-hydrogen) atoms. The first-order valence-electron chi connectivity index (χ1n) is 7.82. The number of nitrogens with one attached hydrogen (secondary N) is 1. The standard InChI is InChI=1S/C16H18F3N3O2S/c1-22-15-7-3-6-14(13(15)9-20-22)21-25(23,24)10-11-4-2-5-12(8-11)16(17,18)19/h2,4-5,8-9,14,21H,3,6-7,10H2,1H3. The Balaban J connectivity index is 1.78. The number of fused-ring (bicyclic) bond motifs is 1. The predicted octanol–water partition coefficient (Wildman–Crippen LogP) is 2.94. The SMILES string of the molecule is Cn1ncc2c1CCCC2NS(=O)(=O)Cc1cccc(C(F)(F)F)c1. The lowest BCUT2D eigenvalue weighted by atomic mass is 9.94. The first-order valence-corrected chi connectivity index (χ1v) is 9.48. The third kappa shape index (κ3) is 4.04. The molecule has 0 bridgehead atoms. The lowest BCUT2D eigenvalue weighted by Gasteiger charge is -2.23. The Morgan fingerprint density at radius 3 is 2.84 bits per heavy atom. The van der Waals surface area contributed by atoms with Gasteiger partial charge in [-0.05, 0) is 30.9 Å². The summed E-state index contributed by atoms with van der Waals surface area (Å²) in [6.45, 7) is 0. The number of aryl methyl sites for hydroxylation is 1. The van der Waals surface area contributed by atoms with Crippen molar-refractivity contribution in [3.8, 4) is 0 Å². The van der Waals surface area contributed by atoms with Crippen molar-refractivity contribution < 1.29 is 21.6 Å². The summed E-state index contributed by atoms with van der Waals surface area (Å²) in [5.74, 6) is -0.497. The molecule has 0 aliphatic heterocycles. The van der Waals surface area contributed by atoms with Crippen LogP contribution in [0.3, 0.4) is 0 Å². The number of sulfonamides is 1. The minimum atomic E-state index is -4.50. The van der Waals surface area contributed by atoms with Crippen molar-refractivity contribution in [1.29, 1.82) is 0 Å². The van der Waals surface area contributed by atoms with Gasteiger partial charge in [0.2, 0.25) is 10.0 Å². The van der Waals surface area contributed by atoms with Crippen LogP contribution in [-0.4, -0.2) is 18.2 Å². The summed E-state index contributed by atoms with van der Waals surface area (Å²) in [6.07, 6.45) is -0.561. The minimum absolute atomic E-state index is 0.101. The molecule has 1 heterocycles. The molecule has 1 aliphatic rings. The average molecular weight is 373 g/mol. The molecule has 1 aromatic heterocycles. The number of hydrogen-bond acceptors (Lipinski definition) is 3. The van der Waals surface area contributed by atoms with E-state index in [1.807, 2.05) is 0 Å². The lowest BCUT2D eigenvalue weighted by molar-refractivity contribution is -0.137. The molecule has 9 heteroatoms. The van der Waals surface area contributed by atoms with Crippen LogP contribution in [0, 0.1) is 0 Å². The van der Waals surface area contributed by atoms with E-state index in [4.69, 9.17) is 0 Å². The van der Waals surface area contributed by atoms with Gasteiger partial charge < -0.3 is 0 Å². The summed E-state index contributed by atoms with van der Waals surface area (Å²) in [6, 6.07) is 3.99. The van der Waals surface area contributed by atoms with Gasteiger partial charge in [-0.3, -0.25) is 4.68 Å². The van der Waals surface area contributed by atoms with Gasteiger partial charge in [-0.15, -0.1) is 0 Å². The highest BCUT2D eigenvalue weighted by molar-refractivity contribution is 7.88. The molecule has 5 nitrogen and oxygen atoms in total. The first-order chi connectivity index (χ1) is 11.7. The molecule has 1 atom stereocenters. The van der Waals surface area contributed by atoms with Crippen molar-refractivity contribution in [3.63, 3.8) is 0 Å². The molecule has 1 aliphatic carbocycles. The first kappa shape index (κ1) is 17.9. The van der Waals surface area contributed by atoms with Crippen LogP contribution in [-0.2, 0) is 35.4 Å². The molecule has 0 radical (unpaired) electrons. The van der Waals surface area contributed by atoms with Gasteiger partial charge in [-0.1, -0.05) is 18.2 Å². The van der Waals surface area contributed by atoms with Crippen LogP contribution < -0.4 is 4.72 Å². The summed E-state index contributed by atoms with van der Waals surface area (Å²) in [4.78, 5) is 0. The maximum Gasteiger partial charge on any atom is 0.416 e. The highest BCUT2D eigenvalue weighted by atomic mass is 32.2. The Kier molecular flexibility index (Phi) is 4.63. The van der Waals surface area contributed by atoms with E-state index < -0.39 is 33.6 Å². The Hall–Kier alpha value is -1.87. The zero-order chi connectivity index (χ0) is 18.2. The second-order valence-electron chi connectivity index (χ2n) is 6.19. The molecule has 0 amide bonds. The fraction of sp³-hybridized carbons (Fsp3) is 0.438. The van der Waals surface area contributed by atoms with E-state index in [0.717, 1.165) is 36.2 Å². The Labute approximate surface area is 143 Å². The van der Waals surface area contributed by atoms with Crippen molar-refractivity contribution in [2.24, 2.45) is 7.05 Å². The number of hydrogen-bond donors (Lipinski definition) is 1. The van der Waals surface area contributed by atoms with Crippen molar-refractivity contribution in [3.05, 3.63) is 52.8 Å². The summed E-state index contributed by atoms with van der Waals surface area (Å²) in [5.41, 5.74) is 1.07. The minimum Gasteiger partial charge on any atom is -0.272 e. The van der Waals surface area contributed by atoms with Crippen LogP contribution >= 0.6 is 0 Å². The normalized spacial score (nSPS) is 18.2. The number of benzene rings is 1. The third-order valence-corrected chi connectivity index (χ3v) is 5.67. The number of halogens is 3. The fourth-order valence-corrected chi connectivity index (χ4v) is 4.52. The molecule has 0 spiro atoms. The average Bonchev–Trinajstić information content (AvgIpc) is 2.89. The van der Waals surface area contributed by atoms with Crippen molar-refractivity contribution >= 4 is 10.0 Å². The molecule has 3 rings (SSSR count). The maximum absolute atomic E-state index is 12.8. The number of rotatable bonds is 4. The van der Waals surface area contributed by atoms with Gasteiger partial charge in [-0.2, -0.15) is 18.3 Å². The molecule has 0 fully saturated rings. The van der Waals surface area contributed by atoms with Gasteiger partial charge in [0.15, 0.2) is 0 Å². The fourth-order valence-electron chi connectivity index (χ4n) is 3.14. The molecule has 1 unspecified atom stereocenters. The van der Waals surface area contributed by atoms with Gasteiger partial charge in [0.1, 0.15) is 0 Å².